The Kier molecular flexibility index (Phi) is 6.97. The van der Waals surface area contributed by atoms with Crippen LogP contribution in [0.2, 0.25) is 0 Å². The number of aromatic nitrogens is 2. The van der Waals surface area contributed by atoms with E-state index in [2.05, 4.69) is 10.2 Å². The minimum absolute atomic E-state index is 0. The number of H-pyrrole nitrogens is 1. The maximum atomic E-state index is 12.4. The molecule has 0 aromatic carbocycles. The number of piperidine rings is 1. The van der Waals surface area contributed by atoms with E-state index in [1.54, 1.807) is 6.20 Å². The molecule has 1 aromatic heterocycles. The highest BCUT2D eigenvalue weighted by atomic mass is 35.5. The molecule has 1 amide bonds. The lowest BCUT2D eigenvalue weighted by molar-refractivity contribution is -0.136. The van der Waals surface area contributed by atoms with Gasteiger partial charge in [0.15, 0.2) is 0 Å². The van der Waals surface area contributed by atoms with Crippen LogP contribution >= 0.6 is 24.8 Å². The molecular weight excluding hydrogens is 311 g/mol. The molecule has 1 saturated heterocycles. The summed E-state index contributed by atoms with van der Waals surface area (Å²) in [4.78, 5) is 14.4. The second-order valence-electron chi connectivity index (χ2n) is 5.88. The summed E-state index contributed by atoms with van der Waals surface area (Å²) in [6, 6.07) is 2.27. The second-order valence-corrected chi connectivity index (χ2v) is 5.88. The maximum absolute atomic E-state index is 12.4. The van der Waals surface area contributed by atoms with Crippen molar-refractivity contribution in [3.8, 4) is 0 Å². The smallest absolute Gasteiger partial charge is 0.225 e. The highest BCUT2D eigenvalue weighted by molar-refractivity contribution is 5.85. The topological polar surface area (TPSA) is 75.0 Å². The first-order chi connectivity index (χ1) is 9.24. The molecule has 2 unspecified atom stereocenters. The number of nitrogens with one attached hydrogen (secondary N) is 1. The molecule has 120 valence electrons. The van der Waals surface area contributed by atoms with Crippen LogP contribution in [0.4, 0.5) is 0 Å². The van der Waals surface area contributed by atoms with E-state index in [9.17, 15) is 4.79 Å². The fourth-order valence-corrected chi connectivity index (χ4v) is 3.40. The van der Waals surface area contributed by atoms with Crippen LogP contribution in [-0.4, -0.2) is 40.1 Å². The van der Waals surface area contributed by atoms with Crippen LogP contribution < -0.4 is 5.73 Å². The third kappa shape index (κ3) is 4.11. The standard InChI is InChI=1S/C14H22N4O.2ClH/c15-12-2-1-11(9-12)14(19)18-7-4-10(5-8-18)13-3-6-16-17-13;;/h3,6,10-12H,1-2,4-5,7-9,15H2,(H,16,17);2*1H. The molecule has 1 aliphatic carbocycles. The van der Waals surface area contributed by atoms with E-state index in [1.165, 1.54) is 5.69 Å². The molecule has 2 heterocycles. The van der Waals surface area contributed by atoms with E-state index in [0.29, 0.717) is 11.8 Å². The predicted octanol–water partition coefficient (Wildman–Crippen LogP) is 2.09. The zero-order valence-electron chi connectivity index (χ0n) is 12.0. The van der Waals surface area contributed by atoms with Gasteiger partial charge in [0.1, 0.15) is 0 Å². The van der Waals surface area contributed by atoms with Crippen molar-refractivity contribution in [1.82, 2.24) is 15.1 Å². The van der Waals surface area contributed by atoms with Crippen LogP contribution in [0.3, 0.4) is 0 Å². The monoisotopic (exact) mass is 334 g/mol. The van der Waals surface area contributed by atoms with E-state index in [0.717, 1.165) is 45.2 Å². The molecule has 0 spiro atoms. The van der Waals surface area contributed by atoms with Gasteiger partial charge in [-0.2, -0.15) is 5.10 Å². The highest BCUT2D eigenvalue weighted by Gasteiger charge is 2.33. The molecule has 2 aliphatic rings. The van der Waals surface area contributed by atoms with Crippen molar-refractivity contribution in [3.05, 3.63) is 18.0 Å². The lowest BCUT2D eigenvalue weighted by Crippen LogP contribution is -2.41. The molecule has 0 radical (unpaired) electrons. The van der Waals surface area contributed by atoms with E-state index in [4.69, 9.17) is 5.73 Å². The second kappa shape index (κ2) is 8.01. The summed E-state index contributed by atoms with van der Waals surface area (Å²) in [6.07, 6.45) is 6.72. The Labute approximate surface area is 137 Å². The fraction of sp³-hybridized carbons (Fsp3) is 0.714. The van der Waals surface area contributed by atoms with Crippen LogP contribution in [0, 0.1) is 5.92 Å². The number of halogens is 2. The summed E-state index contributed by atoms with van der Waals surface area (Å²) in [7, 11) is 0. The SMILES string of the molecule is Cl.Cl.NC1CCC(C(=O)N2CCC(c3ccn[nH]3)CC2)C1. The zero-order valence-corrected chi connectivity index (χ0v) is 13.7. The lowest BCUT2D eigenvalue weighted by Gasteiger charge is -2.33. The number of carbonyl (C=O) groups excluding carboxylic acids is 1. The summed E-state index contributed by atoms with van der Waals surface area (Å²) < 4.78 is 0. The van der Waals surface area contributed by atoms with Gasteiger partial charge in [-0.05, 0) is 38.2 Å². The molecule has 1 saturated carbocycles. The van der Waals surface area contributed by atoms with Crippen molar-refractivity contribution in [2.75, 3.05) is 13.1 Å². The lowest BCUT2D eigenvalue weighted by atomic mass is 9.92. The summed E-state index contributed by atoms with van der Waals surface area (Å²) in [5.41, 5.74) is 7.10. The number of carbonyl (C=O) groups is 1. The van der Waals surface area contributed by atoms with Crippen molar-refractivity contribution in [3.63, 3.8) is 0 Å². The van der Waals surface area contributed by atoms with Gasteiger partial charge in [0.2, 0.25) is 5.91 Å². The van der Waals surface area contributed by atoms with E-state index in [1.807, 2.05) is 11.0 Å². The average Bonchev–Trinajstić information content (AvgIpc) is 3.09. The first-order valence-electron chi connectivity index (χ1n) is 7.27. The Bertz CT molecular complexity index is 432. The van der Waals surface area contributed by atoms with Crippen LogP contribution in [0.1, 0.15) is 43.7 Å². The molecular formula is C14H24Cl2N4O. The molecule has 21 heavy (non-hydrogen) atoms. The van der Waals surface area contributed by atoms with Gasteiger partial charge in [0.05, 0.1) is 0 Å². The van der Waals surface area contributed by atoms with Gasteiger partial charge < -0.3 is 10.6 Å². The van der Waals surface area contributed by atoms with Gasteiger partial charge in [-0.1, -0.05) is 0 Å². The summed E-state index contributed by atoms with van der Waals surface area (Å²) in [5.74, 6) is 1.03. The van der Waals surface area contributed by atoms with Crippen LogP contribution in [0.15, 0.2) is 12.3 Å². The van der Waals surface area contributed by atoms with Gasteiger partial charge in [-0.25, -0.2) is 0 Å². The molecule has 1 aromatic rings. The number of likely N-dealkylation sites (tertiary alicyclic amines) is 1. The number of hydrogen-bond donors (Lipinski definition) is 2. The minimum Gasteiger partial charge on any atom is -0.342 e. The van der Waals surface area contributed by atoms with Gasteiger partial charge in [-0.3, -0.25) is 9.89 Å². The normalized spacial score (nSPS) is 26.0. The average molecular weight is 335 g/mol. The van der Waals surface area contributed by atoms with Crippen molar-refractivity contribution < 1.29 is 4.79 Å². The Hall–Kier alpha value is -0.780. The number of hydrogen-bond acceptors (Lipinski definition) is 3. The molecule has 5 nitrogen and oxygen atoms in total. The fourth-order valence-electron chi connectivity index (χ4n) is 3.40. The Morgan fingerprint density at radius 3 is 2.48 bits per heavy atom. The highest BCUT2D eigenvalue weighted by Crippen LogP contribution is 2.30. The zero-order chi connectivity index (χ0) is 13.2. The molecule has 1 aliphatic heterocycles. The van der Waals surface area contributed by atoms with E-state index >= 15 is 0 Å². The number of aromatic amines is 1. The molecule has 0 bridgehead atoms. The number of nitrogens with two attached hydrogens (primary N) is 1. The third-order valence-electron chi connectivity index (χ3n) is 4.59. The van der Waals surface area contributed by atoms with Crippen molar-refractivity contribution in [1.29, 1.82) is 0 Å². The first-order valence-corrected chi connectivity index (χ1v) is 7.27. The number of nitrogens with zero attached hydrogens (tertiary/aromatic N) is 2. The van der Waals surface area contributed by atoms with Gasteiger partial charge >= 0.3 is 0 Å². The number of amides is 1. The molecule has 3 rings (SSSR count). The van der Waals surface area contributed by atoms with Gasteiger partial charge in [0.25, 0.3) is 0 Å². The number of rotatable bonds is 2. The predicted molar refractivity (Wildman–Crippen MR) is 87.0 cm³/mol. The maximum Gasteiger partial charge on any atom is 0.225 e. The summed E-state index contributed by atoms with van der Waals surface area (Å²) >= 11 is 0. The molecule has 7 heteroatoms. The Morgan fingerprint density at radius 1 is 1.24 bits per heavy atom. The van der Waals surface area contributed by atoms with Crippen molar-refractivity contribution in [2.45, 2.75) is 44.1 Å². The van der Waals surface area contributed by atoms with Crippen molar-refractivity contribution >= 4 is 30.7 Å². The Balaban J connectivity index is 0.00000110. The van der Waals surface area contributed by atoms with Gasteiger partial charge in [0, 0.05) is 42.9 Å². The molecule has 2 fully saturated rings. The van der Waals surface area contributed by atoms with E-state index < -0.39 is 0 Å². The quantitative estimate of drug-likeness (QED) is 0.869. The summed E-state index contributed by atoms with van der Waals surface area (Å²) in [5, 5.41) is 7.05. The summed E-state index contributed by atoms with van der Waals surface area (Å²) in [6.45, 7) is 1.74. The van der Waals surface area contributed by atoms with Crippen LogP contribution in [0.5, 0.6) is 0 Å². The largest absolute Gasteiger partial charge is 0.342 e. The molecule has 3 N–H and O–H groups in total. The van der Waals surface area contributed by atoms with Crippen LogP contribution in [0.25, 0.3) is 0 Å². The first kappa shape index (κ1) is 18.3. The van der Waals surface area contributed by atoms with E-state index in [-0.39, 0.29) is 36.8 Å². The molecule has 2 atom stereocenters. The van der Waals surface area contributed by atoms with Gasteiger partial charge in [-0.15, -0.1) is 24.8 Å². The minimum atomic E-state index is 0. The Morgan fingerprint density at radius 2 is 1.95 bits per heavy atom. The third-order valence-corrected chi connectivity index (χ3v) is 4.59. The van der Waals surface area contributed by atoms with Crippen LogP contribution in [-0.2, 0) is 4.79 Å². The van der Waals surface area contributed by atoms with Crippen molar-refractivity contribution in [2.24, 2.45) is 11.7 Å².